The fourth-order valence-electron chi connectivity index (χ4n) is 3.16. The number of halogens is 2. The monoisotopic (exact) mass is 383 g/mol. The van der Waals surface area contributed by atoms with E-state index in [-0.39, 0.29) is 5.63 Å². The zero-order valence-corrected chi connectivity index (χ0v) is 15.3. The molecular weight excluding hydrogens is 369 g/mol. The molecule has 0 aliphatic carbocycles. The van der Waals surface area contributed by atoms with E-state index in [0.29, 0.717) is 28.7 Å². The van der Waals surface area contributed by atoms with Crippen LogP contribution in [0.4, 0.5) is 0 Å². The predicted molar refractivity (Wildman–Crippen MR) is 107 cm³/mol. The first-order valence-corrected chi connectivity index (χ1v) is 8.96. The van der Waals surface area contributed by atoms with Crippen LogP contribution in [0.25, 0.3) is 21.7 Å². The Bertz CT molecular complexity index is 1170. The molecule has 0 atom stereocenters. The van der Waals surface area contributed by atoms with E-state index in [0.717, 1.165) is 27.3 Å². The van der Waals surface area contributed by atoms with Crippen LogP contribution in [-0.4, -0.2) is 0 Å². The molecule has 0 unspecified atom stereocenters. The minimum absolute atomic E-state index is 0.353. The van der Waals surface area contributed by atoms with Crippen molar-refractivity contribution < 1.29 is 4.42 Å². The van der Waals surface area contributed by atoms with Crippen molar-refractivity contribution in [1.82, 2.24) is 5.32 Å². The molecule has 0 spiro atoms. The summed E-state index contributed by atoms with van der Waals surface area (Å²) in [5.74, 6) is 0. The third kappa shape index (κ3) is 3.34. The van der Waals surface area contributed by atoms with Gasteiger partial charge in [0.25, 0.3) is 0 Å². The third-order valence-corrected chi connectivity index (χ3v) is 4.95. The van der Waals surface area contributed by atoms with Gasteiger partial charge in [-0.05, 0) is 40.1 Å². The molecule has 0 aliphatic rings. The highest BCUT2D eigenvalue weighted by Gasteiger charge is 2.10. The molecule has 4 aromatic rings. The van der Waals surface area contributed by atoms with Gasteiger partial charge in [0.2, 0.25) is 0 Å². The second-order valence-corrected chi connectivity index (χ2v) is 6.93. The maximum atomic E-state index is 11.9. The van der Waals surface area contributed by atoms with Crippen LogP contribution in [0.5, 0.6) is 0 Å². The summed E-state index contributed by atoms with van der Waals surface area (Å²) in [6, 6.07) is 18.8. The SMILES string of the molecule is O=c1cc(CNCc2ccc(Cl)cc2Cl)c2c(ccc3ccccc32)o1. The van der Waals surface area contributed by atoms with Crippen molar-refractivity contribution in [2.45, 2.75) is 13.1 Å². The molecule has 26 heavy (non-hydrogen) atoms. The van der Waals surface area contributed by atoms with E-state index >= 15 is 0 Å². The fourth-order valence-corrected chi connectivity index (χ4v) is 3.63. The minimum atomic E-state index is -0.353. The second-order valence-electron chi connectivity index (χ2n) is 6.09. The number of rotatable bonds is 4. The zero-order valence-electron chi connectivity index (χ0n) is 13.8. The van der Waals surface area contributed by atoms with E-state index in [2.05, 4.69) is 5.32 Å². The maximum absolute atomic E-state index is 11.9. The standard InChI is InChI=1S/C21H15Cl2NO2/c22-16-7-5-14(18(23)10-16)11-24-12-15-9-20(25)26-19-8-6-13-3-1-2-4-17(13)21(15)19/h1-10,24H,11-12H2. The van der Waals surface area contributed by atoms with Crippen LogP contribution in [-0.2, 0) is 13.1 Å². The zero-order chi connectivity index (χ0) is 18.1. The Kier molecular flexibility index (Phi) is 4.68. The highest BCUT2D eigenvalue weighted by Crippen LogP contribution is 2.27. The summed E-state index contributed by atoms with van der Waals surface area (Å²) in [6.45, 7) is 1.09. The smallest absolute Gasteiger partial charge is 0.336 e. The molecule has 0 saturated heterocycles. The number of fused-ring (bicyclic) bond motifs is 3. The molecule has 1 N–H and O–H groups in total. The van der Waals surface area contributed by atoms with Gasteiger partial charge in [-0.2, -0.15) is 0 Å². The van der Waals surface area contributed by atoms with E-state index < -0.39 is 0 Å². The molecule has 130 valence electrons. The Labute approximate surface area is 160 Å². The lowest BCUT2D eigenvalue weighted by Crippen LogP contribution is -2.15. The van der Waals surface area contributed by atoms with E-state index in [1.54, 1.807) is 12.1 Å². The quantitative estimate of drug-likeness (QED) is 0.371. The summed E-state index contributed by atoms with van der Waals surface area (Å²) >= 11 is 12.2. The van der Waals surface area contributed by atoms with Gasteiger partial charge in [-0.3, -0.25) is 0 Å². The third-order valence-electron chi connectivity index (χ3n) is 4.36. The Morgan fingerprint density at radius 2 is 1.69 bits per heavy atom. The first-order valence-electron chi connectivity index (χ1n) is 8.21. The number of benzene rings is 3. The Morgan fingerprint density at radius 1 is 0.885 bits per heavy atom. The topological polar surface area (TPSA) is 42.2 Å². The van der Waals surface area contributed by atoms with Crippen molar-refractivity contribution >= 4 is 44.9 Å². The molecule has 3 aromatic carbocycles. The van der Waals surface area contributed by atoms with Gasteiger partial charge >= 0.3 is 5.63 Å². The maximum Gasteiger partial charge on any atom is 0.336 e. The van der Waals surface area contributed by atoms with Gasteiger partial charge in [0.05, 0.1) is 0 Å². The summed E-state index contributed by atoms with van der Waals surface area (Å²) in [6.07, 6.45) is 0. The molecule has 3 nitrogen and oxygen atoms in total. The van der Waals surface area contributed by atoms with Crippen molar-refractivity contribution in [3.63, 3.8) is 0 Å². The Hall–Kier alpha value is -2.33. The first-order chi connectivity index (χ1) is 12.6. The lowest BCUT2D eigenvalue weighted by atomic mass is 10.0. The van der Waals surface area contributed by atoms with Crippen LogP contribution in [0, 0.1) is 0 Å². The largest absolute Gasteiger partial charge is 0.423 e. The van der Waals surface area contributed by atoms with Crippen molar-refractivity contribution in [3.05, 3.63) is 92.3 Å². The molecule has 4 rings (SSSR count). The van der Waals surface area contributed by atoms with E-state index in [9.17, 15) is 4.79 Å². The Balaban J connectivity index is 1.69. The summed E-state index contributed by atoms with van der Waals surface area (Å²) in [5, 5.41) is 7.71. The number of nitrogens with one attached hydrogen (secondary N) is 1. The summed E-state index contributed by atoms with van der Waals surface area (Å²) < 4.78 is 5.39. The van der Waals surface area contributed by atoms with E-state index in [4.69, 9.17) is 27.6 Å². The van der Waals surface area contributed by atoms with Crippen molar-refractivity contribution in [1.29, 1.82) is 0 Å². The minimum Gasteiger partial charge on any atom is -0.423 e. The first kappa shape index (κ1) is 17.1. The van der Waals surface area contributed by atoms with Crippen LogP contribution in [0.2, 0.25) is 10.0 Å². The number of hydrogen-bond donors (Lipinski definition) is 1. The average Bonchev–Trinajstić information content (AvgIpc) is 2.63. The van der Waals surface area contributed by atoms with Crippen LogP contribution in [0.3, 0.4) is 0 Å². The van der Waals surface area contributed by atoms with Gasteiger partial charge in [-0.25, -0.2) is 4.79 Å². The van der Waals surface area contributed by atoms with Gasteiger partial charge in [0, 0.05) is 34.6 Å². The molecule has 5 heteroatoms. The highest BCUT2D eigenvalue weighted by atomic mass is 35.5. The van der Waals surface area contributed by atoms with Crippen LogP contribution in [0.15, 0.2) is 69.9 Å². The molecule has 1 aromatic heterocycles. The molecule has 1 heterocycles. The predicted octanol–water partition coefficient (Wildman–Crippen LogP) is 5.54. The normalized spacial score (nSPS) is 11.3. The molecule has 0 saturated carbocycles. The molecule has 0 radical (unpaired) electrons. The van der Waals surface area contributed by atoms with E-state index in [1.165, 1.54) is 0 Å². The van der Waals surface area contributed by atoms with Crippen LogP contribution >= 0.6 is 23.2 Å². The van der Waals surface area contributed by atoms with Gasteiger partial charge in [0.15, 0.2) is 0 Å². The molecule has 0 amide bonds. The lowest BCUT2D eigenvalue weighted by molar-refractivity contribution is 0.557. The van der Waals surface area contributed by atoms with Gasteiger partial charge in [-0.1, -0.05) is 59.6 Å². The molecule has 0 bridgehead atoms. The van der Waals surface area contributed by atoms with Crippen molar-refractivity contribution in [2.24, 2.45) is 0 Å². The summed E-state index contributed by atoms with van der Waals surface area (Å²) in [5.41, 5.74) is 2.10. The molecular formula is C21H15Cl2NO2. The summed E-state index contributed by atoms with van der Waals surface area (Å²) in [7, 11) is 0. The second kappa shape index (κ2) is 7.12. The van der Waals surface area contributed by atoms with Gasteiger partial charge in [-0.15, -0.1) is 0 Å². The highest BCUT2D eigenvalue weighted by molar-refractivity contribution is 6.35. The molecule has 0 aliphatic heterocycles. The van der Waals surface area contributed by atoms with Crippen LogP contribution < -0.4 is 10.9 Å². The van der Waals surface area contributed by atoms with E-state index in [1.807, 2.05) is 48.5 Å². The lowest BCUT2D eigenvalue weighted by Gasteiger charge is -2.11. The Morgan fingerprint density at radius 3 is 2.54 bits per heavy atom. The van der Waals surface area contributed by atoms with Crippen LogP contribution in [0.1, 0.15) is 11.1 Å². The fraction of sp³-hybridized carbons (Fsp3) is 0.0952. The van der Waals surface area contributed by atoms with Gasteiger partial charge in [0.1, 0.15) is 5.58 Å². The number of hydrogen-bond acceptors (Lipinski definition) is 3. The van der Waals surface area contributed by atoms with Gasteiger partial charge < -0.3 is 9.73 Å². The summed E-state index contributed by atoms with van der Waals surface area (Å²) in [4.78, 5) is 11.9. The molecule has 0 fully saturated rings. The van der Waals surface area contributed by atoms with Crippen molar-refractivity contribution in [3.8, 4) is 0 Å². The average molecular weight is 384 g/mol. The van der Waals surface area contributed by atoms with Crippen molar-refractivity contribution in [2.75, 3.05) is 0 Å².